The van der Waals surface area contributed by atoms with E-state index in [9.17, 15) is 22.0 Å². The number of halogens is 5. The van der Waals surface area contributed by atoms with Crippen molar-refractivity contribution in [1.29, 1.82) is 0 Å². The molecule has 0 aliphatic rings. The molecule has 0 bridgehead atoms. The van der Waals surface area contributed by atoms with Crippen LogP contribution in [0.2, 0.25) is 0 Å². The van der Waals surface area contributed by atoms with Crippen molar-refractivity contribution in [3.63, 3.8) is 0 Å². The van der Waals surface area contributed by atoms with E-state index < -0.39 is 24.6 Å². The van der Waals surface area contributed by atoms with Gasteiger partial charge in [0.25, 0.3) is 0 Å². The summed E-state index contributed by atoms with van der Waals surface area (Å²) < 4.78 is 58.5. The van der Waals surface area contributed by atoms with Gasteiger partial charge < -0.3 is 5.73 Å². The molecule has 1 unspecified atom stereocenters. The average Bonchev–Trinajstić information content (AvgIpc) is 1.83. The first-order chi connectivity index (χ1) is 4.73. The molecule has 0 spiro atoms. The molecule has 1 atom stereocenters. The Morgan fingerprint density at radius 3 is 1.64 bits per heavy atom. The zero-order valence-corrected chi connectivity index (χ0v) is 5.75. The van der Waals surface area contributed by atoms with Gasteiger partial charge in [0.15, 0.2) is 0 Å². The second kappa shape index (κ2) is 2.92. The Balaban J connectivity index is 4.45. The van der Waals surface area contributed by atoms with Crippen LogP contribution >= 0.6 is 0 Å². The van der Waals surface area contributed by atoms with Crippen LogP contribution in [-0.4, -0.2) is 18.1 Å². The van der Waals surface area contributed by atoms with Crippen LogP contribution in [0.1, 0.15) is 13.3 Å². The Labute approximate surface area is 60.4 Å². The Kier molecular flexibility index (Phi) is 2.82. The van der Waals surface area contributed by atoms with Gasteiger partial charge in [-0.05, 0) is 6.42 Å². The third kappa shape index (κ3) is 2.02. The zero-order valence-electron chi connectivity index (χ0n) is 5.75. The SMILES string of the molecule is CCC(N)C(F)(F)C(F)(F)F. The van der Waals surface area contributed by atoms with Crippen LogP contribution in [0.25, 0.3) is 0 Å². The molecule has 0 saturated carbocycles. The van der Waals surface area contributed by atoms with Crippen LogP contribution < -0.4 is 5.73 Å². The summed E-state index contributed by atoms with van der Waals surface area (Å²) in [6, 6.07) is -2.15. The highest BCUT2D eigenvalue weighted by Gasteiger charge is 2.60. The van der Waals surface area contributed by atoms with Crippen LogP contribution in [0.3, 0.4) is 0 Å². The highest BCUT2D eigenvalue weighted by molar-refractivity contribution is 4.85. The number of hydrogen-bond acceptors (Lipinski definition) is 1. The summed E-state index contributed by atoms with van der Waals surface area (Å²) >= 11 is 0. The van der Waals surface area contributed by atoms with Gasteiger partial charge in [0.05, 0.1) is 6.04 Å². The fraction of sp³-hybridized carbons (Fsp3) is 1.00. The highest BCUT2D eigenvalue weighted by atomic mass is 19.4. The molecule has 0 aromatic carbocycles. The molecule has 0 aromatic rings. The first-order valence-electron chi connectivity index (χ1n) is 2.93. The third-order valence-corrected chi connectivity index (χ3v) is 1.28. The zero-order chi connectivity index (χ0) is 9.28. The van der Waals surface area contributed by atoms with E-state index in [0.717, 1.165) is 0 Å². The normalized spacial score (nSPS) is 16.6. The van der Waals surface area contributed by atoms with Crippen LogP contribution in [0.5, 0.6) is 0 Å². The first kappa shape index (κ1) is 10.6. The molecule has 11 heavy (non-hydrogen) atoms. The van der Waals surface area contributed by atoms with E-state index in [2.05, 4.69) is 5.73 Å². The standard InChI is InChI=1S/C5H8F5N/c1-2-3(11)4(6,7)5(8,9)10/h3H,2,11H2,1H3. The van der Waals surface area contributed by atoms with Crippen molar-refractivity contribution in [3.8, 4) is 0 Å². The van der Waals surface area contributed by atoms with Crippen molar-refractivity contribution < 1.29 is 22.0 Å². The fourth-order valence-corrected chi connectivity index (χ4v) is 0.467. The van der Waals surface area contributed by atoms with Gasteiger partial charge in [0, 0.05) is 0 Å². The molecule has 0 amide bonds. The predicted molar refractivity (Wildman–Crippen MR) is 29.3 cm³/mol. The molecule has 0 aromatic heterocycles. The molecule has 0 heterocycles. The maximum Gasteiger partial charge on any atom is 0.454 e. The lowest BCUT2D eigenvalue weighted by Crippen LogP contribution is -2.51. The second-order valence-electron chi connectivity index (χ2n) is 2.14. The van der Waals surface area contributed by atoms with Gasteiger partial charge in [-0.15, -0.1) is 0 Å². The van der Waals surface area contributed by atoms with Crippen molar-refractivity contribution in [2.45, 2.75) is 31.5 Å². The van der Waals surface area contributed by atoms with E-state index in [-0.39, 0.29) is 0 Å². The van der Waals surface area contributed by atoms with Gasteiger partial charge in [-0.25, -0.2) is 0 Å². The molecular weight excluding hydrogens is 169 g/mol. The van der Waals surface area contributed by atoms with Gasteiger partial charge in [-0.2, -0.15) is 22.0 Å². The Bertz CT molecular complexity index is 129. The summed E-state index contributed by atoms with van der Waals surface area (Å²) in [6.07, 6.45) is -5.95. The number of alkyl halides is 5. The average molecular weight is 177 g/mol. The maximum absolute atomic E-state index is 12.1. The van der Waals surface area contributed by atoms with Gasteiger partial charge in [-0.3, -0.25) is 0 Å². The van der Waals surface area contributed by atoms with Gasteiger partial charge in [0.1, 0.15) is 0 Å². The lowest BCUT2D eigenvalue weighted by molar-refractivity contribution is -0.289. The predicted octanol–water partition coefficient (Wildman–Crippen LogP) is 1.92. The van der Waals surface area contributed by atoms with Crippen molar-refractivity contribution in [2.24, 2.45) is 5.73 Å². The summed E-state index contributed by atoms with van der Waals surface area (Å²) in [6.45, 7) is 1.17. The number of rotatable bonds is 2. The summed E-state index contributed by atoms with van der Waals surface area (Å²) in [4.78, 5) is 0. The molecule has 0 rings (SSSR count). The Morgan fingerprint density at radius 1 is 1.18 bits per heavy atom. The van der Waals surface area contributed by atoms with Crippen LogP contribution in [0, 0.1) is 0 Å². The summed E-state index contributed by atoms with van der Waals surface area (Å²) in [5.74, 6) is -4.78. The van der Waals surface area contributed by atoms with Crippen molar-refractivity contribution in [3.05, 3.63) is 0 Å². The lowest BCUT2D eigenvalue weighted by atomic mass is 10.1. The number of nitrogens with two attached hydrogens (primary N) is 1. The topological polar surface area (TPSA) is 26.0 Å². The second-order valence-corrected chi connectivity index (χ2v) is 2.14. The van der Waals surface area contributed by atoms with E-state index in [1.54, 1.807) is 0 Å². The van der Waals surface area contributed by atoms with Crippen molar-refractivity contribution >= 4 is 0 Å². The van der Waals surface area contributed by atoms with Crippen molar-refractivity contribution in [1.82, 2.24) is 0 Å². The molecule has 6 heteroatoms. The number of hydrogen-bond donors (Lipinski definition) is 1. The van der Waals surface area contributed by atoms with E-state index in [1.807, 2.05) is 0 Å². The molecule has 1 nitrogen and oxygen atoms in total. The van der Waals surface area contributed by atoms with E-state index in [4.69, 9.17) is 0 Å². The van der Waals surface area contributed by atoms with Gasteiger partial charge in [-0.1, -0.05) is 6.92 Å². The Hall–Kier alpha value is -0.390. The summed E-state index contributed by atoms with van der Waals surface area (Å²) in [5.41, 5.74) is 4.57. The van der Waals surface area contributed by atoms with E-state index in [0.29, 0.717) is 0 Å². The fourth-order valence-electron chi connectivity index (χ4n) is 0.467. The van der Waals surface area contributed by atoms with E-state index >= 15 is 0 Å². The molecule has 0 fully saturated rings. The summed E-state index contributed by atoms with van der Waals surface area (Å²) in [7, 11) is 0. The van der Waals surface area contributed by atoms with Gasteiger partial charge >= 0.3 is 12.1 Å². The Morgan fingerprint density at radius 2 is 1.55 bits per heavy atom. The first-order valence-corrected chi connectivity index (χ1v) is 2.93. The minimum Gasteiger partial charge on any atom is -0.322 e. The molecule has 0 aliphatic carbocycles. The monoisotopic (exact) mass is 177 g/mol. The largest absolute Gasteiger partial charge is 0.454 e. The molecule has 0 radical (unpaired) electrons. The minimum absolute atomic E-state index is 0.410. The quantitative estimate of drug-likeness (QED) is 0.640. The maximum atomic E-state index is 12.1. The molecule has 0 saturated heterocycles. The lowest BCUT2D eigenvalue weighted by Gasteiger charge is -2.24. The van der Waals surface area contributed by atoms with E-state index in [1.165, 1.54) is 6.92 Å². The van der Waals surface area contributed by atoms with Crippen LogP contribution in [-0.2, 0) is 0 Å². The van der Waals surface area contributed by atoms with Crippen LogP contribution in [0.15, 0.2) is 0 Å². The molecular formula is C5H8F5N. The smallest absolute Gasteiger partial charge is 0.322 e. The van der Waals surface area contributed by atoms with Gasteiger partial charge in [0.2, 0.25) is 0 Å². The molecule has 0 aliphatic heterocycles. The third-order valence-electron chi connectivity index (χ3n) is 1.28. The van der Waals surface area contributed by atoms with Crippen molar-refractivity contribution in [2.75, 3.05) is 0 Å². The summed E-state index contributed by atoms with van der Waals surface area (Å²) in [5, 5.41) is 0. The van der Waals surface area contributed by atoms with Crippen LogP contribution in [0.4, 0.5) is 22.0 Å². The minimum atomic E-state index is -5.54. The molecule has 2 N–H and O–H groups in total. The highest BCUT2D eigenvalue weighted by Crippen LogP contribution is 2.37. The molecule has 68 valence electrons.